The molecule has 0 atom stereocenters. The fourth-order valence-corrected chi connectivity index (χ4v) is 1.56. The first kappa shape index (κ1) is 12.2. The number of carbonyl (C=O) groups excluding carboxylic acids is 1. The third kappa shape index (κ3) is 2.71. The van der Waals surface area contributed by atoms with Crippen LogP contribution in [0.15, 0.2) is 28.9 Å². The molecule has 18 heavy (non-hydrogen) atoms. The number of pyridine rings is 1. The van der Waals surface area contributed by atoms with E-state index in [1.54, 1.807) is 20.0 Å². The molecular formula is C12H12FN3O2. The second-order valence-electron chi connectivity index (χ2n) is 3.96. The third-order valence-corrected chi connectivity index (χ3v) is 2.40. The Morgan fingerprint density at radius 2 is 2.28 bits per heavy atom. The van der Waals surface area contributed by atoms with E-state index in [4.69, 9.17) is 4.52 Å². The van der Waals surface area contributed by atoms with Crippen LogP contribution in [0.3, 0.4) is 0 Å². The molecule has 1 amide bonds. The molecule has 0 bridgehead atoms. The van der Waals surface area contributed by atoms with Crippen LogP contribution >= 0.6 is 0 Å². The molecule has 0 aliphatic carbocycles. The zero-order valence-corrected chi connectivity index (χ0v) is 10.1. The van der Waals surface area contributed by atoms with E-state index in [0.717, 1.165) is 6.07 Å². The monoisotopic (exact) mass is 249 g/mol. The van der Waals surface area contributed by atoms with Crippen molar-refractivity contribution in [3.05, 3.63) is 47.4 Å². The van der Waals surface area contributed by atoms with Gasteiger partial charge < -0.3 is 9.42 Å². The highest BCUT2D eigenvalue weighted by Crippen LogP contribution is 2.09. The van der Waals surface area contributed by atoms with Crippen LogP contribution in [0.1, 0.15) is 21.8 Å². The second-order valence-corrected chi connectivity index (χ2v) is 3.96. The van der Waals surface area contributed by atoms with E-state index in [-0.39, 0.29) is 11.5 Å². The predicted octanol–water partition coefficient (Wildman–Crippen LogP) is 1.79. The summed E-state index contributed by atoms with van der Waals surface area (Å²) in [6.45, 7) is 2.08. The largest absolute Gasteiger partial charge is 0.361 e. The van der Waals surface area contributed by atoms with Crippen molar-refractivity contribution in [1.82, 2.24) is 15.0 Å². The van der Waals surface area contributed by atoms with Crippen molar-refractivity contribution in [2.24, 2.45) is 0 Å². The summed E-state index contributed by atoms with van der Waals surface area (Å²) in [6, 6.07) is 4.32. The number of halogens is 1. The van der Waals surface area contributed by atoms with Gasteiger partial charge in [-0.15, -0.1) is 0 Å². The highest BCUT2D eigenvalue weighted by molar-refractivity contribution is 5.93. The van der Waals surface area contributed by atoms with Crippen molar-refractivity contribution >= 4 is 5.91 Å². The number of hydrogen-bond donors (Lipinski definition) is 0. The molecule has 5 nitrogen and oxygen atoms in total. The van der Waals surface area contributed by atoms with Gasteiger partial charge in [0.1, 0.15) is 11.5 Å². The predicted molar refractivity (Wildman–Crippen MR) is 61.2 cm³/mol. The molecule has 2 rings (SSSR count). The van der Waals surface area contributed by atoms with Crippen LogP contribution in [0.5, 0.6) is 0 Å². The van der Waals surface area contributed by atoms with Crippen molar-refractivity contribution in [2.75, 3.05) is 7.05 Å². The van der Waals surface area contributed by atoms with Gasteiger partial charge in [-0.3, -0.25) is 4.79 Å². The van der Waals surface area contributed by atoms with Crippen LogP contribution in [0.25, 0.3) is 0 Å². The average Bonchev–Trinajstić information content (AvgIpc) is 2.73. The van der Waals surface area contributed by atoms with E-state index >= 15 is 0 Å². The Bertz CT molecular complexity index is 568. The normalized spacial score (nSPS) is 10.4. The van der Waals surface area contributed by atoms with Crippen molar-refractivity contribution in [3.8, 4) is 0 Å². The Morgan fingerprint density at radius 1 is 1.50 bits per heavy atom. The van der Waals surface area contributed by atoms with Crippen LogP contribution in [-0.4, -0.2) is 28.0 Å². The molecule has 0 spiro atoms. The molecule has 94 valence electrons. The van der Waals surface area contributed by atoms with Gasteiger partial charge in [0.15, 0.2) is 0 Å². The third-order valence-electron chi connectivity index (χ3n) is 2.40. The maximum Gasteiger partial charge on any atom is 0.254 e. The molecule has 2 aromatic heterocycles. The van der Waals surface area contributed by atoms with Crippen LogP contribution in [-0.2, 0) is 6.54 Å². The van der Waals surface area contributed by atoms with Gasteiger partial charge >= 0.3 is 0 Å². The Hall–Kier alpha value is -2.24. The maximum absolute atomic E-state index is 12.9. The number of nitrogens with zero attached hydrogens (tertiary/aromatic N) is 3. The molecule has 0 radical (unpaired) electrons. The quantitative estimate of drug-likeness (QED) is 0.778. The van der Waals surface area contributed by atoms with E-state index in [0.29, 0.717) is 18.0 Å². The summed E-state index contributed by atoms with van der Waals surface area (Å²) in [6.07, 6.45) is 1.26. The van der Waals surface area contributed by atoms with Gasteiger partial charge in [0.25, 0.3) is 5.91 Å². The molecular weight excluding hydrogens is 237 g/mol. The topological polar surface area (TPSA) is 59.2 Å². The first-order valence-corrected chi connectivity index (χ1v) is 5.35. The number of amides is 1. The lowest BCUT2D eigenvalue weighted by molar-refractivity contribution is 0.0781. The number of rotatable bonds is 3. The Kier molecular flexibility index (Phi) is 3.36. The van der Waals surface area contributed by atoms with Gasteiger partial charge in [0.2, 0.25) is 5.95 Å². The van der Waals surface area contributed by atoms with Gasteiger partial charge in [0, 0.05) is 30.9 Å². The fourth-order valence-electron chi connectivity index (χ4n) is 1.56. The van der Waals surface area contributed by atoms with Gasteiger partial charge in [-0.05, 0) is 13.0 Å². The molecule has 0 aliphatic rings. The summed E-state index contributed by atoms with van der Waals surface area (Å²) in [7, 11) is 1.62. The first-order chi connectivity index (χ1) is 8.56. The first-order valence-electron chi connectivity index (χ1n) is 5.35. The molecule has 0 saturated heterocycles. The number of aromatic nitrogens is 2. The molecule has 6 heteroatoms. The van der Waals surface area contributed by atoms with Gasteiger partial charge in [-0.1, -0.05) is 5.16 Å². The highest BCUT2D eigenvalue weighted by Gasteiger charge is 2.14. The van der Waals surface area contributed by atoms with Crippen molar-refractivity contribution in [2.45, 2.75) is 13.5 Å². The number of hydrogen-bond acceptors (Lipinski definition) is 4. The Balaban J connectivity index is 2.09. The van der Waals surface area contributed by atoms with Crippen molar-refractivity contribution < 1.29 is 13.7 Å². The van der Waals surface area contributed by atoms with Crippen LogP contribution in [0, 0.1) is 12.9 Å². The minimum atomic E-state index is -0.675. The van der Waals surface area contributed by atoms with E-state index in [1.165, 1.54) is 17.2 Å². The molecule has 0 N–H and O–H groups in total. The SMILES string of the molecule is Cc1cc(CN(C)C(=O)c2ccnc(F)c2)no1. The van der Waals surface area contributed by atoms with E-state index in [9.17, 15) is 9.18 Å². The second kappa shape index (κ2) is 4.95. The molecule has 2 heterocycles. The lowest BCUT2D eigenvalue weighted by Gasteiger charge is -2.15. The smallest absolute Gasteiger partial charge is 0.254 e. The lowest BCUT2D eigenvalue weighted by Crippen LogP contribution is -2.26. The van der Waals surface area contributed by atoms with Crippen LogP contribution < -0.4 is 0 Å². The van der Waals surface area contributed by atoms with Crippen molar-refractivity contribution in [3.63, 3.8) is 0 Å². The van der Waals surface area contributed by atoms with Crippen LogP contribution in [0.4, 0.5) is 4.39 Å². The molecule has 0 fully saturated rings. The zero-order chi connectivity index (χ0) is 13.1. The number of carbonyl (C=O) groups is 1. The van der Waals surface area contributed by atoms with Gasteiger partial charge in [0.05, 0.1) is 6.54 Å². The maximum atomic E-state index is 12.9. The zero-order valence-electron chi connectivity index (χ0n) is 10.1. The Morgan fingerprint density at radius 3 is 2.89 bits per heavy atom. The Labute approximate surface area is 103 Å². The lowest BCUT2D eigenvalue weighted by atomic mass is 10.2. The van der Waals surface area contributed by atoms with Gasteiger partial charge in [-0.25, -0.2) is 4.98 Å². The average molecular weight is 249 g/mol. The fraction of sp³-hybridized carbons (Fsp3) is 0.250. The highest BCUT2D eigenvalue weighted by atomic mass is 19.1. The van der Waals surface area contributed by atoms with Crippen LogP contribution in [0.2, 0.25) is 0 Å². The molecule has 0 saturated carbocycles. The summed E-state index contributed by atoms with van der Waals surface area (Å²) in [5.41, 5.74) is 0.906. The van der Waals surface area contributed by atoms with Crippen molar-refractivity contribution in [1.29, 1.82) is 0 Å². The number of aryl methyl sites for hydroxylation is 1. The summed E-state index contributed by atoms with van der Waals surface area (Å²) in [4.78, 5) is 16.8. The van der Waals surface area contributed by atoms with Gasteiger partial charge in [-0.2, -0.15) is 4.39 Å². The summed E-state index contributed by atoms with van der Waals surface area (Å²) in [5.74, 6) is -0.288. The van der Waals surface area contributed by atoms with E-state index in [1.807, 2.05) is 0 Å². The molecule has 2 aromatic rings. The summed E-state index contributed by atoms with van der Waals surface area (Å²) >= 11 is 0. The molecule has 0 unspecified atom stereocenters. The standard InChI is InChI=1S/C12H12FN3O2/c1-8-5-10(15-18-8)7-16(2)12(17)9-3-4-14-11(13)6-9/h3-6H,7H2,1-2H3. The van der Waals surface area contributed by atoms with E-state index in [2.05, 4.69) is 10.1 Å². The minimum absolute atomic E-state index is 0.255. The summed E-state index contributed by atoms with van der Waals surface area (Å²) in [5, 5.41) is 3.79. The molecule has 0 aromatic carbocycles. The van der Waals surface area contributed by atoms with E-state index < -0.39 is 5.95 Å². The minimum Gasteiger partial charge on any atom is -0.361 e. The molecule has 0 aliphatic heterocycles. The summed E-state index contributed by atoms with van der Waals surface area (Å²) < 4.78 is 17.8.